The lowest BCUT2D eigenvalue weighted by atomic mass is 10.0. The van der Waals surface area contributed by atoms with Crippen LogP contribution in [0.1, 0.15) is 30.9 Å². The maximum absolute atomic E-state index is 12.8. The number of nitrogens with zero attached hydrogens (tertiary/aromatic N) is 2. The van der Waals surface area contributed by atoms with E-state index >= 15 is 0 Å². The maximum atomic E-state index is 12.8. The number of methoxy groups -OCH3 is 1. The zero-order valence-electron chi connectivity index (χ0n) is 14.6. The highest BCUT2D eigenvalue weighted by Gasteiger charge is 2.22. The topological polar surface area (TPSA) is 59.5 Å². The average molecular weight is 348 g/mol. The summed E-state index contributed by atoms with van der Waals surface area (Å²) in [6.45, 7) is 4.44. The lowest BCUT2D eigenvalue weighted by Crippen LogP contribution is -2.29. The van der Waals surface area contributed by atoms with E-state index in [9.17, 15) is 8.42 Å². The molecule has 130 valence electrons. The molecular formula is C18H24N2O3S. The van der Waals surface area contributed by atoms with Crippen molar-refractivity contribution in [2.45, 2.75) is 31.1 Å². The summed E-state index contributed by atoms with van der Waals surface area (Å²) in [4.78, 5) is 4.26. The molecular weight excluding hydrogens is 324 g/mol. The first-order valence-electron chi connectivity index (χ1n) is 7.89. The van der Waals surface area contributed by atoms with Crippen molar-refractivity contribution in [3.05, 3.63) is 53.9 Å². The molecule has 0 bridgehead atoms. The van der Waals surface area contributed by atoms with Crippen LogP contribution in [0.15, 0.2) is 47.6 Å². The van der Waals surface area contributed by atoms with Gasteiger partial charge in [-0.3, -0.25) is 4.98 Å². The number of rotatable bonds is 7. The Morgan fingerprint density at radius 2 is 1.83 bits per heavy atom. The van der Waals surface area contributed by atoms with Gasteiger partial charge in [0.25, 0.3) is 0 Å². The molecule has 0 amide bonds. The molecule has 0 spiro atoms. The van der Waals surface area contributed by atoms with Crippen LogP contribution in [0.4, 0.5) is 0 Å². The molecule has 0 saturated carbocycles. The Morgan fingerprint density at radius 1 is 1.17 bits per heavy atom. The molecule has 0 radical (unpaired) electrons. The molecule has 2 rings (SSSR count). The van der Waals surface area contributed by atoms with Gasteiger partial charge >= 0.3 is 0 Å². The van der Waals surface area contributed by atoms with Gasteiger partial charge in [0.2, 0.25) is 10.0 Å². The monoisotopic (exact) mass is 348 g/mol. The summed E-state index contributed by atoms with van der Waals surface area (Å²) in [5.41, 5.74) is 1.95. The zero-order chi connectivity index (χ0) is 17.7. The molecule has 0 saturated heterocycles. The quantitative estimate of drug-likeness (QED) is 0.771. The van der Waals surface area contributed by atoms with Crippen LogP contribution < -0.4 is 4.74 Å². The number of sulfonamides is 1. The van der Waals surface area contributed by atoms with Crippen LogP contribution in [-0.2, 0) is 16.4 Å². The zero-order valence-corrected chi connectivity index (χ0v) is 15.4. The van der Waals surface area contributed by atoms with Crippen molar-refractivity contribution in [1.82, 2.24) is 9.29 Å². The Labute approximate surface area is 144 Å². The van der Waals surface area contributed by atoms with Crippen molar-refractivity contribution in [2.75, 3.05) is 20.7 Å². The van der Waals surface area contributed by atoms with E-state index < -0.39 is 10.0 Å². The summed E-state index contributed by atoms with van der Waals surface area (Å²) < 4.78 is 32.3. The number of likely N-dealkylation sites (N-methyl/N-ethyl adjacent to an activating group) is 1. The molecule has 1 aromatic heterocycles. The third-order valence-electron chi connectivity index (χ3n) is 4.00. The average Bonchev–Trinajstić information content (AvgIpc) is 2.59. The van der Waals surface area contributed by atoms with Crippen LogP contribution in [0.5, 0.6) is 5.75 Å². The largest absolute Gasteiger partial charge is 0.496 e. The van der Waals surface area contributed by atoms with Gasteiger partial charge in [-0.2, -0.15) is 0 Å². The normalized spacial score (nSPS) is 11.9. The van der Waals surface area contributed by atoms with E-state index in [1.54, 1.807) is 44.8 Å². The molecule has 0 fully saturated rings. The molecule has 2 aromatic rings. The van der Waals surface area contributed by atoms with Crippen molar-refractivity contribution < 1.29 is 13.2 Å². The van der Waals surface area contributed by atoms with Gasteiger partial charge in [-0.1, -0.05) is 13.8 Å². The van der Waals surface area contributed by atoms with Crippen LogP contribution in [0.3, 0.4) is 0 Å². The van der Waals surface area contributed by atoms with Crippen LogP contribution >= 0.6 is 0 Å². The van der Waals surface area contributed by atoms with Gasteiger partial charge in [-0.15, -0.1) is 0 Å². The summed E-state index contributed by atoms with van der Waals surface area (Å²) in [5.74, 6) is 0.889. The minimum atomic E-state index is -3.53. The molecule has 0 N–H and O–H groups in total. The molecule has 1 heterocycles. The molecule has 6 heteroatoms. The van der Waals surface area contributed by atoms with Gasteiger partial charge in [0.1, 0.15) is 5.75 Å². The number of ether oxygens (including phenoxy) is 1. The first kappa shape index (κ1) is 18.4. The summed E-state index contributed by atoms with van der Waals surface area (Å²) >= 11 is 0. The van der Waals surface area contributed by atoms with E-state index in [0.29, 0.717) is 23.6 Å². The van der Waals surface area contributed by atoms with Crippen molar-refractivity contribution in [1.29, 1.82) is 0 Å². The molecule has 0 aliphatic carbocycles. The van der Waals surface area contributed by atoms with Crippen LogP contribution in [0.2, 0.25) is 0 Å². The number of aromatic nitrogens is 1. The Balaban J connectivity index is 2.21. The number of hydrogen-bond donors (Lipinski definition) is 0. The highest BCUT2D eigenvalue weighted by molar-refractivity contribution is 7.89. The molecule has 0 aliphatic rings. The second-order valence-corrected chi connectivity index (χ2v) is 8.04. The summed E-state index contributed by atoms with van der Waals surface area (Å²) in [6, 6.07) is 8.82. The smallest absolute Gasteiger partial charge is 0.242 e. The van der Waals surface area contributed by atoms with E-state index in [0.717, 1.165) is 11.1 Å². The van der Waals surface area contributed by atoms with E-state index in [2.05, 4.69) is 4.98 Å². The van der Waals surface area contributed by atoms with Gasteiger partial charge in [-0.25, -0.2) is 12.7 Å². The van der Waals surface area contributed by atoms with Gasteiger partial charge in [0.15, 0.2) is 0 Å². The standard InChI is InChI=1S/C18H24N2O3S/c1-14(2)17-13-16(5-6-18(17)23-4)24(21,22)20(3)12-9-15-7-10-19-11-8-15/h5-8,10-11,13-14H,9,12H2,1-4H3. The van der Waals surface area contributed by atoms with Crippen molar-refractivity contribution in [3.63, 3.8) is 0 Å². The molecule has 1 aromatic carbocycles. The second-order valence-electron chi connectivity index (χ2n) is 5.99. The molecule has 5 nitrogen and oxygen atoms in total. The lowest BCUT2D eigenvalue weighted by Gasteiger charge is -2.19. The van der Waals surface area contributed by atoms with E-state index in [1.807, 2.05) is 26.0 Å². The fourth-order valence-electron chi connectivity index (χ4n) is 2.46. The van der Waals surface area contributed by atoms with Gasteiger partial charge in [0, 0.05) is 26.0 Å². The third-order valence-corrected chi connectivity index (χ3v) is 5.85. The molecule has 0 unspecified atom stereocenters. The van der Waals surface area contributed by atoms with Gasteiger partial charge in [0.05, 0.1) is 12.0 Å². The highest BCUT2D eigenvalue weighted by atomic mass is 32.2. The number of pyridine rings is 1. The molecule has 24 heavy (non-hydrogen) atoms. The predicted octanol–water partition coefficient (Wildman–Crippen LogP) is 3.08. The van der Waals surface area contributed by atoms with Crippen molar-refractivity contribution in [2.24, 2.45) is 0 Å². The van der Waals surface area contributed by atoms with Crippen molar-refractivity contribution in [3.8, 4) is 5.75 Å². The van der Waals surface area contributed by atoms with Gasteiger partial charge < -0.3 is 4.74 Å². The number of benzene rings is 1. The Bertz CT molecular complexity index is 774. The van der Waals surface area contributed by atoms with Gasteiger partial charge in [-0.05, 0) is 53.8 Å². The molecule has 0 aliphatic heterocycles. The summed E-state index contributed by atoms with van der Waals surface area (Å²) in [5, 5.41) is 0. The minimum Gasteiger partial charge on any atom is -0.496 e. The highest BCUT2D eigenvalue weighted by Crippen LogP contribution is 2.29. The first-order valence-corrected chi connectivity index (χ1v) is 9.33. The number of hydrogen-bond acceptors (Lipinski definition) is 4. The van der Waals surface area contributed by atoms with Crippen LogP contribution in [0.25, 0.3) is 0 Å². The van der Waals surface area contributed by atoms with E-state index in [-0.39, 0.29) is 5.92 Å². The third kappa shape index (κ3) is 4.13. The summed E-state index contributed by atoms with van der Waals surface area (Å²) in [6.07, 6.45) is 4.07. The minimum absolute atomic E-state index is 0.178. The first-order chi connectivity index (χ1) is 11.4. The Kier molecular flexibility index (Phi) is 5.96. The van der Waals surface area contributed by atoms with E-state index in [1.165, 1.54) is 4.31 Å². The predicted molar refractivity (Wildman–Crippen MR) is 94.8 cm³/mol. The maximum Gasteiger partial charge on any atom is 0.242 e. The summed E-state index contributed by atoms with van der Waals surface area (Å²) in [7, 11) is -0.328. The van der Waals surface area contributed by atoms with E-state index in [4.69, 9.17) is 4.74 Å². The van der Waals surface area contributed by atoms with Crippen molar-refractivity contribution >= 4 is 10.0 Å². The fraction of sp³-hybridized carbons (Fsp3) is 0.389. The van der Waals surface area contributed by atoms with Crippen LogP contribution in [-0.4, -0.2) is 38.4 Å². The van der Waals surface area contributed by atoms with Crippen LogP contribution in [0, 0.1) is 0 Å². The SMILES string of the molecule is COc1ccc(S(=O)(=O)N(C)CCc2ccncc2)cc1C(C)C. The second kappa shape index (κ2) is 7.77. The Morgan fingerprint density at radius 3 is 2.42 bits per heavy atom. The fourth-order valence-corrected chi connectivity index (χ4v) is 3.67. The lowest BCUT2D eigenvalue weighted by molar-refractivity contribution is 0.407. The molecule has 0 atom stereocenters. The Hall–Kier alpha value is -1.92.